The molecule has 13 heteroatoms. The zero-order valence-corrected chi connectivity index (χ0v) is 19.9. The molecule has 2 aliphatic heterocycles. The number of hydrogen-bond acceptors (Lipinski definition) is 10. The van der Waals surface area contributed by atoms with Crippen LogP contribution in [0, 0.1) is 0 Å². The van der Waals surface area contributed by atoms with Gasteiger partial charge in [-0.1, -0.05) is 0 Å². The fraction of sp³-hybridized carbons (Fsp3) is 0.591. The molecule has 3 amide bonds. The number of carbonyl (C=O) groups excluding carboxylic acids is 5. The van der Waals surface area contributed by atoms with Crippen molar-refractivity contribution in [2.24, 2.45) is 0 Å². The molecule has 0 bridgehead atoms. The van der Waals surface area contributed by atoms with Gasteiger partial charge in [0, 0.05) is 64.5 Å². The molecule has 2 fully saturated rings. The molecule has 35 heavy (non-hydrogen) atoms. The van der Waals surface area contributed by atoms with Crippen molar-refractivity contribution < 1.29 is 33.4 Å². The van der Waals surface area contributed by atoms with E-state index in [4.69, 9.17) is 0 Å². The maximum atomic E-state index is 12.9. The monoisotopic (exact) mass is 490 g/mol. The Morgan fingerprint density at radius 2 is 1.51 bits per heavy atom. The van der Waals surface area contributed by atoms with Crippen molar-refractivity contribution in [2.75, 3.05) is 64.9 Å². The minimum Gasteiger partial charge on any atom is -0.469 e. The van der Waals surface area contributed by atoms with E-state index in [1.807, 2.05) is 4.90 Å². The first kappa shape index (κ1) is 25.8. The van der Waals surface area contributed by atoms with Crippen molar-refractivity contribution in [3.05, 3.63) is 18.5 Å². The van der Waals surface area contributed by atoms with Gasteiger partial charge in [0.05, 0.1) is 20.6 Å². The highest BCUT2D eigenvalue weighted by atomic mass is 16.5. The number of esters is 2. The molecule has 2 saturated heterocycles. The summed E-state index contributed by atoms with van der Waals surface area (Å²) >= 11 is 0. The van der Waals surface area contributed by atoms with Gasteiger partial charge >= 0.3 is 11.9 Å². The van der Waals surface area contributed by atoms with Gasteiger partial charge in [-0.2, -0.15) is 0 Å². The minimum absolute atomic E-state index is 0.0117. The smallest absolute Gasteiger partial charge is 0.325 e. The Kier molecular flexibility index (Phi) is 8.92. The summed E-state index contributed by atoms with van der Waals surface area (Å²) < 4.78 is 9.28. The van der Waals surface area contributed by atoms with Crippen LogP contribution in [-0.4, -0.2) is 120 Å². The number of hydrogen-bond donors (Lipinski definition) is 0. The van der Waals surface area contributed by atoms with Crippen molar-refractivity contribution in [1.82, 2.24) is 24.7 Å². The molecular formula is C22H30N6O7. The quantitative estimate of drug-likeness (QED) is 0.403. The SMILES string of the molecule is COC(=O)C[C@H]1C(=O)N(CC(=O)OC)CCN1C(=O)CCC(=O)N1CCN(c2ncccn2)CC1. The van der Waals surface area contributed by atoms with Crippen LogP contribution >= 0.6 is 0 Å². The number of ether oxygens (including phenoxy) is 2. The molecule has 3 rings (SSSR count). The summed E-state index contributed by atoms with van der Waals surface area (Å²) in [6, 6.07) is 0.639. The van der Waals surface area contributed by atoms with E-state index in [2.05, 4.69) is 19.4 Å². The number of nitrogens with zero attached hydrogens (tertiary/aromatic N) is 6. The molecule has 0 aliphatic carbocycles. The first-order valence-corrected chi connectivity index (χ1v) is 11.4. The first-order valence-electron chi connectivity index (χ1n) is 11.4. The van der Waals surface area contributed by atoms with Crippen molar-refractivity contribution in [3.63, 3.8) is 0 Å². The summed E-state index contributed by atoms with van der Waals surface area (Å²) in [6.45, 7) is 2.13. The van der Waals surface area contributed by atoms with Crippen LogP contribution in [0.1, 0.15) is 19.3 Å². The summed E-state index contributed by atoms with van der Waals surface area (Å²) in [5.41, 5.74) is 0. The van der Waals surface area contributed by atoms with Crippen molar-refractivity contribution in [3.8, 4) is 0 Å². The molecule has 1 atom stereocenters. The number of aromatic nitrogens is 2. The minimum atomic E-state index is -1.10. The van der Waals surface area contributed by atoms with Crippen molar-refractivity contribution >= 4 is 35.6 Å². The molecule has 0 N–H and O–H groups in total. The normalized spacial score (nSPS) is 18.3. The molecule has 13 nitrogen and oxygen atoms in total. The number of piperazine rings is 2. The van der Waals surface area contributed by atoms with Crippen LogP contribution in [0.2, 0.25) is 0 Å². The van der Waals surface area contributed by atoms with E-state index >= 15 is 0 Å². The zero-order chi connectivity index (χ0) is 25.4. The fourth-order valence-corrected chi connectivity index (χ4v) is 4.08. The largest absolute Gasteiger partial charge is 0.469 e. The van der Waals surface area contributed by atoms with E-state index in [0.29, 0.717) is 32.1 Å². The van der Waals surface area contributed by atoms with Gasteiger partial charge in [-0.05, 0) is 6.07 Å². The molecule has 190 valence electrons. The summed E-state index contributed by atoms with van der Waals surface area (Å²) in [5.74, 6) is -1.74. The number of anilines is 1. The first-order chi connectivity index (χ1) is 16.8. The van der Waals surface area contributed by atoms with Crippen LogP contribution < -0.4 is 4.90 Å². The predicted octanol–water partition coefficient (Wildman–Crippen LogP) is -1.32. The average Bonchev–Trinajstić information content (AvgIpc) is 2.89. The topological polar surface area (TPSA) is 143 Å². The lowest BCUT2D eigenvalue weighted by Gasteiger charge is -2.40. The van der Waals surface area contributed by atoms with Crippen LogP contribution in [0.5, 0.6) is 0 Å². The highest BCUT2D eigenvalue weighted by Crippen LogP contribution is 2.18. The molecule has 0 unspecified atom stereocenters. The van der Waals surface area contributed by atoms with Gasteiger partial charge < -0.3 is 29.1 Å². The second-order valence-corrected chi connectivity index (χ2v) is 8.14. The van der Waals surface area contributed by atoms with Gasteiger partial charge in [0.1, 0.15) is 12.6 Å². The molecule has 1 aromatic rings. The van der Waals surface area contributed by atoms with E-state index in [0.717, 1.165) is 0 Å². The van der Waals surface area contributed by atoms with Gasteiger partial charge in [0.25, 0.3) is 0 Å². The Balaban J connectivity index is 1.54. The lowest BCUT2D eigenvalue weighted by Crippen LogP contribution is -2.60. The van der Waals surface area contributed by atoms with E-state index in [1.165, 1.54) is 24.0 Å². The van der Waals surface area contributed by atoms with E-state index in [1.54, 1.807) is 23.4 Å². The maximum absolute atomic E-state index is 12.9. The Morgan fingerprint density at radius 3 is 2.14 bits per heavy atom. The lowest BCUT2D eigenvalue weighted by atomic mass is 10.1. The second-order valence-electron chi connectivity index (χ2n) is 8.14. The lowest BCUT2D eigenvalue weighted by molar-refractivity contribution is -0.159. The highest BCUT2D eigenvalue weighted by molar-refractivity contribution is 5.94. The Labute approximate surface area is 203 Å². The van der Waals surface area contributed by atoms with Gasteiger partial charge in [-0.15, -0.1) is 0 Å². The number of rotatable bonds is 8. The molecule has 0 aromatic carbocycles. The molecule has 0 saturated carbocycles. The van der Waals surface area contributed by atoms with Crippen LogP contribution in [-0.2, 0) is 33.4 Å². The van der Waals surface area contributed by atoms with E-state index < -0.39 is 29.8 Å². The standard InChI is InChI=1S/C22H30N6O7/c1-34-19(31)14-16-21(33)27(15-20(32)35-2)12-13-28(16)18(30)5-4-17(29)25-8-10-26(11-9-25)22-23-6-3-7-24-22/h3,6-7,16H,4-5,8-15H2,1-2H3/t16-/m0/s1. The molecular weight excluding hydrogens is 460 g/mol. The highest BCUT2D eigenvalue weighted by Gasteiger charge is 2.39. The summed E-state index contributed by atoms with van der Waals surface area (Å²) in [4.78, 5) is 76.7. The second kappa shape index (κ2) is 12.1. The molecule has 0 radical (unpaired) electrons. The number of amides is 3. The summed E-state index contributed by atoms with van der Waals surface area (Å²) in [7, 11) is 2.40. The average molecular weight is 491 g/mol. The summed E-state index contributed by atoms with van der Waals surface area (Å²) in [6.07, 6.45) is 2.89. The third-order valence-electron chi connectivity index (χ3n) is 6.06. The Bertz CT molecular complexity index is 935. The zero-order valence-electron chi connectivity index (χ0n) is 19.9. The number of methoxy groups -OCH3 is 2. The van der Waals surface area contributed by atoms with Crippen LogP contribution in [0.25, 0.3) is 0 Å². The molecule has 0 spiro atoms. The van der Waals surface area contributed by atoms with Crippen LogP contribution in [0.15, 0.2) is 18.5 Å². The van der Waals surface area contributed by atoms with Crippen LogP contribution in [0.4, 0.5) is 5.95 Å². The van der Waals surface area contributed by atoms with Gasteiger partial charge in [-0.3, -0.25) is 24.0 Å². The van der Waals surface area contributed by atoms with Crippen molar-refractivity contribution in [2.45, 2.75) is 25.3 Å². The third kappa shape index (κ3) is 6.64. The number of carbonyl (C=O) groups is 5. The Hall–Kier alpha value is -3.77. The van der Waals surface area contributed by atoms with Crippen LogP contribution in [0.3, 0.4) is 0 Å². The van der Waals surface area contributed by atoms with E-state index in [-0.39, 0.29) is 44.8 Å². The van der Waals surface area contributed by atoms with Gasteiger partial charge in [-0.25, -0.2) is 9.97 Å². The molecule has 2 aliphatic rings. The predicted molar refractivity (Wildman–Crippen MR) is 121 cm³/mol. The third-order valence-corrected chi connectivity index (χ3v) is 6.06. The van der Waals surface area contributed by atoms with Gasteiger partial charge in [0.15, 0.2) is 0 Å². The van der Waals surface area contributed by atoms with Crippen molar-refractivity contribution in [1.29, 1.82) is 0 Å². The Morgan fingerprint density at radius 1 is 0.886 bits per heavy atom. The maximum Gasteiger partial charge on any atom is 0.325 e. The van der Waals surface area contributed by atoms with Gasteiger partial charge in [0.2, 0.25) is 23.7 Å². The molecule has 1 aromatic heterocycles. The fourth-order valence-electron chi connectivity index (χ4n) is 4.08. The van der Waals surface area contributed by atoms with E-state index in [9.17, 15) is 24.0 Å². The molecule has 3 heterocycles. The summed E-state index contributed by atoms with van der Waals surface area (Å²) in [5, 5.41) is 0.